The van der Waals surface area contributed by atoms with E-state index >= 15 is 0 Å². The van der Waals surface area contributed by atoms with E-state index < -0.39 is 10.0 Å². The molecule has 0 aliphatic carbocycles. The second kappa shape index (κ2) is 7.63. The maximum Gasteiger partial charge on any atom is 0.246 e. The molecule has 1 aliphatic rings. The van der Waals surface area contributed by atoms with Crippen molar-refractivity contribution in [3.8, 4) is 21.1 Å². The van der Waals surface area contributed by atoms with Gasteiger partial charge in [-0.1, -0.05) is 12.1 Å². The number of piperazine rings is 1. The second-order valence-electron chi connectivity index (χ2n) is 6.05. The molecule has 4 rings (SSSR count). The normalized spacial score (nSPS) is 16.0. The zero-order chi connectivity index (χ0) is 18.9. The van der Waals surface area contributed by atoms with Gasteiger partial charge in [0.15, 0.2) is 0 Å². The molecule has 142 valence electrons. The maximum absolute atomic E-state index is 12.0. The Kier molecular flexibility index (Phi) is 5.22. The van der Waals surface area contributed by atoms with Crippen LogP contribution in [0.5, 0.6) is 0 Å². The maximum atomic E-state index is 12.0. The lowest BCUT2D eigenvalue weighted by Crippen LogP contribution is -2.49. The van der Waals surface area contributed by atoms with Gasteiger partial charge < -0.3 is 4.90 Å². The van der Waals surface area contributed by atoms with Crippen molar-refractivity contribution in [1.29, 1.82) is 0 Å². The molecule has 1 aliphatic heterocycles. The third kappa shape index (κ3) is 3.75. The molecule has 0 atom stereocenters. The molecule has 3 aromatic heterocycles. The van der Waals surface area contributed by atoms with Gasteiger partial charge >= 0.3 is 0 Å². The van der Waals surface area contributed by atoms with Gasteiger partial charge in [-0.3, -0.25) is 0 Å². The number of anilines is 1. The molecule has 0 spiro atoms. The van der Waals surface area contributed by atoms with E-state index in [0.29, 0.717) is 32.1 Å². The molecular weight excluding hydrogens is 402 g/mol. The van der Waals surface area contributed by atoms with Gasteiger partial charge in [0.05, 0.1) is 15.5 Å². The molecule has 27 heavy (non-hydrogen) atoms. The van der Waals surface area contributed by atoms with Gasteiger partial charge in [-0.15, -0.1) is 32.9 Å². The number of hydrogen-bond donors (Lipinski definition) is 0. The number of rotatable bonds is 5. The first kappa shape index (κ1) is 18.5. The largest absolute Gasteiger partial charge is 0.337 e. The Hall–Kier alpha value is -1.88. The molecule has 1 fully saturated rings. The topological polar surface area (TPSA) is 79.3 Å². The molecule has 10 heteroatoms. The van der Waals surface area contributed by atoms with E-state index in [-0.39, 0.29) is 5.75 Å². The highest BCUT2D eigenvalue weighted by Crippen LogP contribution is 2.34. The number of nitrogens with zero attached hydrogens (tertiary/aromatic N) is 5. The highest BCUT2D eigenvalue weighted by Gasteiger charge is 2.27. The summed E-state index contributed by atoms with van der Waals surface area (Å²) < 4.78 is 25.6. The van der Waals surface area contributed by atoms with Crippen LogP contribution in [0.3, 0.4) is 0 Å². The SMILES string of the molecule is CCS(=O)(=O)N1CCN(c2nnc(-c3cccs3)c(-c3cccs3)n2)CC1. The highest BCUT2D eigenvalue weighted by molar-refractivity contribution is 7.89. The van der Waals surface area contributed by atoms with Crippen LogP contribution in [0.15, 0.2) is 35.0 Å². The number of aromatic nitrogens is 3. The van der Waals surface area contributed by atoms with E-state index in [1.165, 1.54) is 4.31 Å². The predicted molar refractivity (Wildman–Crippen MR) is 110 cm³/mol. The van der Waals surface area contributed by atoms with Crippen LogP contribution in [-0.2, 0) is 10.0 Å². The van der Waals surface area contributed by atoms with Crippen molar-refractivity contribution in [3.05, 3.63) is 35.0 Å². The Labute approximate surface area is 166 Å². The monoisotopic (exact) mass is 421 g/mol. The summed E-state index contributed by atoms with van der Waals surface area (Å²) in [7, 11) is -3.15. The first-order valence-electron chi connectivity index (χ1n) is 8.63. The van der Waals surface area contributed by atoms with E-state index in [1.54, 1.807) is 29.6 Å². The Morgan fingerprint density at radius 3 is 2.15 bits per heavy atom. The lowest BCUT2D eigenvalue weighted by atomic mass is 10.2. The fourth-order valence-electron chi connectivity index (χ4n) is 2.96. The minimum atomic E-state index is -3.15. The van der Waals surface area contributed by atoms with Crippen molar-refractivity contribution in [2.75, 3.05) is 36.8 Å². The second-order valence-corrected chi connectivity index (χ2v) is 10.2. The van der Waals surface area contributed by atoms with E-state index in [1.807, 2.05) is 39.9 Å². The molecular formula is C17H19N5O2S3. The summed E-state index contributed by atoms with van der Waals surface area (Å²) >= 11 is 3.23. The van der Waals surface area contributed by atoms with Crippen LogP contribution in [0, 0.1) is 0 Å². The first-order valence-corrected chi connectivity index (χ1v) is 12.0. The zero-order valence-electron chi connectivity index (χ0n) is 14.8. The average Bonchev–Trinajstić information content (AvgIpc) is 3.41. The molecule has 0 bridgehead atoms. The minimum absolute atomic E-state index is 0.128. The Morgan fingerprint density at radius 1 is 0.963 bits per heavy atom. The quantitative estimate of drug-likeness (QED) is 0.630. The van der Waals surface area contributed by atoms with E-state index in [9.17, 15) is 8.42 Å². The Balaban J connectivity index is 1.63. The fraction of sp³-hybridized carbons (Fsp3) is 0.353. The zero-order valence-corrected chi connectivity index (χ0v) is 17.2. The van der Waals surface area contributed by atoms with Gasteiger partial charge in [-0.2, -0.15) is 4.31 Å². The van der Waals surface area contributed by atoms with E-state index in [4.69, 9.17) is 4.98 Å². The van der Waals surface area contributed by atoms with Gasteiger partial charge in [0.25, 0.3) is 0 Å². The standard InChI is InChI=1S/C17H19N5O2S3/c1-2-27(23,24)22-9-7-21(8-10-22)17-18-15(13-5-3-11-25-13)16(19-20-17)14-6-4-12-26-14/h3-6,11-12H,2,7-10H2,1H3. The van der Waals surface area contributed by atoms with Crippen molar-refractivity contribution >= 4 is 38.6 Å². The van der Waals surface area contributed by atoms with Gasteiger partial charge in [0.1, 0.15) is 11.4 Å². The average molecular weight is 422 g/mol. The first-order chi connectivity index (χ1) is 13.1. The van der Waals surface area contributed by atoms with Gasteiger partial charge in [0.2, 0.25) is 16.0 Å². The Bertz CT molecular complexity index is 995. The number of hydrogen-bond acceptors (Lipinski definition) is 8. The van der Waals surface area contributed by atoms with Gasteiger partial charge in [-0.05, 0) is 29.8 Å². The summed E-state index contributed by atoms with van der Waals surface area (Å²) in [5.74, 6) is 0.676. The van der Waals surface area contributed by atoms with Crippen LogP contribution in [0.2, 0.25) is 0 Å². The lowest BCUT2D eigenvalue weighted by Gasteiger charge is -2.33. The minimum Gasteiger partial charge on any atom is -0.337 e. The van der Waals surface area contributed by atoms with E-state index in [2.05, 4.69) is 10.2 Å². The van der Waals surface area contributed by atoms with Gasteiger partial charge in [0, 0.05) is 26.2 Å². The van der Waals surface area contributed by atoms with Crippen LogP contribution in [0.4, 0.5) is 5.95 Å². The fourth-order valence-corrected chi connectivity index (χ4v) is 5.47. The molecule has 0 unspecified atom stereocenters. The summed E-state index contributed by atoms with van der Waals surface area (Å²) in [6, 6.07) is 8.03. The molecule has 0 amide bonds. The predicted octanol–water partition coefficient (Wildman–Crippen LogP) is 2.80. The van der Waals surface area contributed by atoms with Crippen molar-refractivity contribution in [2.45, 2.75) is 6.92 Å². The van der Waals surface area contributed by atoms with Crippen molar-refractivity contribution in [2.24, 2.45) is 0 Å². The summed E-state index contributed by atoms with van der Waals surface area (Å²) in [4.78, 5) is 8.88. The van der Waals surface area contributed by atoms with Crippen molar-refractivity contribution in [1.82, 2.24) is 19.5 Å². The molecule has 1 saturated heterocycles. The van der Waals surface area contributed by atoms with Crippen LogP contribution >= 0.6 is 22.7 Å². The van der Waals surface area contributed by atoms with E-state index in [0.717, 1.165) is 21.1 Å². The van der Waals surface area contributed by atoms with Crippen LogP contribution in [-0.4, -0.2) is 59.8 Å². The van der Waals surface area contributed by atoms with Crippen LogP contribution in [0.25, 0.3) is 21.1 Å². The van der Waals surface area contributed by atoms with Crippen LogP contribution < -0.4 is 4.90 Å². The van der Waals surface area contributed by atoms with Crippen molar-refractivity contribution < 1.29 is 8.42 Å². The highest BCUT2D eigenvalue weighted by atomic mass is 32.2. The van der Waals surface area contributed by atoms with Crippen LogP contribution in [0.1, 0.15) is 6.92 Å². The number of thiophene rings is 2. The summed E-state index contributed by atoms with van der Waals surface area (Å²) in [6.07, 6.45) is 0. The third-order valence-corrected chi connectivity index (χ3v) is 8.10. The molecule has 0 aromatic carbocycles. The molecule has 4 heterocycles. The smallest absolute Gasteiger partial charge is 0.246 e. The summed E-state index contributed by atoms with van der Waals surface area (Å²) in [6.45, 7) is 3.68. The molecule has 0 saturated carbocycles. The number of sulfonamides is 1. The van der Waals surface area contributed by atoms with Gasteiger partial charge in [-0.25, -0.2) is 13.4 Å². The summed E-state index contributed by atoms with van der Waals surface area (Å²) in [5, 5.41) is 12.8. The molecule has 3 aromatic rings. The molecule has 0 radical (unpaired) electrons. The third-order valence-electron chi connectivity index (χ3n) is 4.46. The molecule has 7 nitrogen and oxygen atoms in total. The lowest BCUT2D eigenvalue weighted by molar-refractivity contribution is 0.383. The summed E-state index contributed by atoms with van der Waals surface area (Å²) in [5.41, 5.74) is 1.60. The van der Waals surface area contributed by atoms with Crippen molar-refractivity contribution in [3.63, 3.8) is 0 Å². The Morgan fingerprint density at radius 2 is 1.59 bits per heavy atom. The molecule has 0 N–H and O–H groups in total.